The fourth-order valence-electron chi connectivity index (χ4n) is 2.97. The molecule has 0 aromatic carbocycles. The van der Waals surface area contributed by atoms with Crippen LogP contribution < -0.4 is 0 Å². The van der Waals surface area contributed by atoms with E-state index in [0.29, 0.717) is 18.4 Å². The van der Waals surface area contributed by atoms with Crippen molar-refractivity contribution in [2.45, 2.75) is 31.1 Å². The van der Waals surface area contributed by atoms with Gasteiger partial charge in [-0.1, -0.05) is 6.92 Å². The minimum Gasteiger partial charge on any atom is -0.382 e. The minimum atomic E-state index is -0.306. The Morgan fingerprint density at radius 2 is 2.36 bits per heavy atom. The number of rotatable bonds is 3. The maximum atomic E-state index is 5.93. The van der Waals surface area contributed by atoms with Gasteiger partial charge in [0.15, 0.2) is 0 Å². The maximum Gasteiger partial charge on any atom is 0.118 e. The monoisotopic (exact) mass is 308 g/mol. The van der Waals surface area contributed by atoms with E-state index in [1.807, 2.05) is 23.0 Å². The molecule has 3 nitrogen and oxygen atoms in total. The Morgan fingerprint density at radius 1 is 1.64 bits per heavy atom. The molecule has 1 aliphatic heterocycles. The molecule has 0 spiro atoms. The average Bonchev–Trinajstić information content (AvgIpc) is 2.51. The van der Waals surface area contributed by atoms with Crippen molar-refractivity contribution in [3.63, 3.8) is 0 Å². The Balaban J connectivity index is 2.23. The molecule has 1 heterocycles. The van der Waals surface area contributed by atoms with Crippen molar-refractivity contribution in [2.75, 3.05) is 13.7 Å². The molecular weight excluding hydrogens is 294 g/mol. The summed E-state index contributed by atoms with van der Waals surface area (Å²) >= 11 is 1.94. The molecule has 2 rings (SSSR count). The van der Waals surface area contributed by atoms with Crippen molar-refractivity contribution in [3.05, 3.63) is 0 Å². The molecule has 1 saturated heterocycles. The Bertz CT molecular complexity index is 214. The summed E-state index contributed by atoms with van der Waals surface area (Å²) in [5.41, 5.74) is -0.306. The third-order valence-corrected chi connectivity index (χ3v) is 3.98. The lowest BCUT2D eigenvalue weighted by Gasteiger charge is -2.32. The lowest BCUT2D eigenvalue weighted by molar-refractivity contribution is -0.104. The van der Waals surface area contributed by atoms with Crippen molar-refractivity contribution in [1.29, 1.82) is 0 Å². The summed E-state index contributed by atoms with van der Waals surface area (Å²) < 4.78 is 16.5. The van der Waals surface area contributed by atoms with E-state index in [1.54, 1.807) is 7.11 Å². The first-order valence-corrected chi connectivity index (χ1v) is 5.72. The summed E-state index contributed by atoms with van der Waals surface area (Å²) in [6, 6.07) is -0.200. The highest BCUT2D eigenvalue weighted by molar-refractivity contribution is 14.1. The molecule has 78 valence electrons. The summed E-state index contributed by atoms with van der Waals surface area (Å²) in [6.45, 7) is 2.77. The fourth-order valence-corrected chi connectivity index (χ4v) is 3.77. The molecule has 0 N–H and O–H groups in total. The molecule has 2 radical (unpaired) electrons. The van der Waals surface area contributed by atoms with Crippen LogP contribution in [0.15, 0.2) is 0 Å². The highest BCUT2D eigenvalue weighted by Crippen LogP contribution is 2.52. The number of halogens is 1. The van der Waals surface area contributed by atoms with Crippen LogP contribution in [0.1, 0.15) is 13.3 Å². The van der Waals surface area contributed by atoms with E-state index in [2.05, 4.69) is 6.92 Å². The Kier molecular flexibility index (Phi) is 3.13. The Hall–Kier alpha value is 0.675. The Labute approximate surface area is 100.0 Å². The largest absolute Gasteiger partial charge is 0.382 e. The highest BCUT2D eigenvalue weighted by Gasteiger charge is 2.62. The van der Waals surface area contributed by atoms with E-state index >= 15 is 0 Å². The van der Waals surface area contributed by atoms with Gasteiger partial charge in [0.05, 0.1) is 6.61 Å². The molecule has 2 bridgehead atoms. The standard InChI is InChI=1S/C9H14BIO3/c1-5-3-9(4-12-2)7(14-11)6(5)8(10)13-9/h5-8H,3-4H2,1-2H3. The average molecular weight is 308 g/mol. The molecule has 2 aliphatic rings. The van der Waals surface area contributed by atoms with Crippen LogP contribution in [0.3, 0.4) is 0 Å². The van der Waals surface area contributed by atoms with Gasteiger partial charge in [0, 0.05) is 19.0 Å². The van der Waals surface area contributed by atoms with Crippen LogP contribution in [0.2, 0.25) is 0 Å². The lowest BCUT2D eigenvalue weighted by atomic mass is 9.81. The van der Waals surface area contributed by atoms with Crippen LogP contribution in [0, 0.1) is 11.8 Å². The summed E-state index contributed by atoms with van der Waals surface area (Å²) in [6.07, 6.45) is 1.06. The van der Waals surface area contributed by atoms with Crippen LogP contribution in [-0.2, 0) is 12.5 Å². The summed E-state index contributed by atoms with van der Waals surface area (Å²) in [5, 5.41) is 0. The third kappa shape index (κ3) is 1.44. The SMILES string of the molecule is [B]C1OC2(COC)CC(C)C1C2OI. The van der Waals surface area contributed by atoms with Crippen molar-refractivity contribution in [1.82, 2.24) is 0 Å². The van der Waals surface area contributed by atoms with Crippen molar-refractivity contribution in [3.8, 4) is 0 Å². The first kappa shape index (κ1) is 11.2. The normalized spacial score (nSPS) is 51.4. The number of hydrogen-bond acceptors (Lipinski definition) is 3. The van der Waals surface area contributed by atoms with Crippen LogP contribution in [-0.4, -0.2) is 39.3 Å². The van der Waals surface area contributed by atoms with Gasteiger partial charge in [-0.3, -0.25) is 0 Å². The van der Waals surface area contributed by atoms with E-state index in [9.17, 15) is 0 Å². The van der Waals surface area contributed by atoms with Gasteiger partial charge >= 0.3 is 0 Å². The first-order valence-electron chi connectivity index (χ1n) is 4.84. The van der Waals surface area contributed by atoms with Crippen molar-refractivity contribution >= 4 is 30.9 Å². The van der Waals surface area contributed by atoms with E-state index in [4.69, 9.17) is 20.4 Å². The van der Waals surface area contributed by atoms with Gasteiger partial charge in [-0.2, -0.15) is 0 Å². The summed E-state index contributed by atoms with van der Waals surface area (Å²) in [5.74, 6) is 0.857. The van der Waals surface area contributed by atoms with Crippen LogP contribution in [0.5, 0.6) is 0 Å². The highest BCUT2D eigenvalue weighted by atomic mass is 127. The molecule has 5 atom stereocenters. The van der Waals surface area contributed by atoms with Gasteiger partial charge in [0.2, 0.25) is 0 Å². The van der Waals surface area contributed by atoms with Crippen LogP contribution in [0.4, 0.5) is 0 Å². The topological polar surface area (TPSA) is 27.7 Å². The molecule has 5 unspecified atom stereocenters. The van der Waals surface area contributed by atoms with Crippen LogP contribution in [0.25, 0.3) is 0 Å². The zero-order chi connectivity index (χ0) is 10.3. The molecule has 0 aromatic heterocycles. The third-order valence-electron chi connectivity index (χ3n) is 3.43. The molecule has 2 fully saturated rings. The first-order chi connectivity index (χ1) is 6.64. The molecule has 0 aromatic rings. The smallest absolute Gasteiger partial charge is 0.118 e. The van der Waals surface area contributed by atoms with Gasteiger partial charge in [0.25, 0.3) is 0 Å². The zero-order valence-corrected chi connectivity index (χ0v) is 10.6. The van der Waals surface area contributed by atoms with Crippen molar-refractivity contribution in [2.24, 2.45) is 11.8 Å². The second-order valence-corrected chi connectivity index (χ2v) is 4.86. The lowest BCUT2D eigenvalue weighted by Crippen LogP contribution is -2.42. The molecular formula is C9H14BIO3. The van der Waals surface area contributed by atoms with E-state index in [-0.39, 0.29) is 17.7 Å². The molecule has 1 aliphatic carbocycles. The van der Waals surface area contributed by atoms with Crippen molar-refractivity contribution < 1.29 is 12.5 Å². The minimum absolute atomic E-state index is 0.0769. The quantitative estimate of drug-likeness (QED) is 0.581. The Morgan fingerprint density at radius 3 is 2.86 bits per heavy atom. The number of ether oxygens (including phenoxy) is 2. The molecule has 1 saturated carbocycles. The summed E-state index contributed by atoms with van der Waals surface area (Å²) in [4.78, 5) is 0. The van der Waals surface area contributed by atoms with Gasteiger partial charge in [-0.15, -0.1) is 0 Å². The van der Waals surface area contributed by atoms with E-state index < -0.39 is 0 Å². The van der Waals surface area contributed by atoms with Gasteiger partial charge in [-0.25, -0.2) is 0 Å². The van der Waals surface area contributed by atoms with E-state index in [0.717, 1.165) is 6.42 Å². The van der Waals surface area contributed by atoms with E-state index in [1.165, 1.54) is 0 Å². The number of hydrogen-bond donors (Lipinski definition) is 0. The van der Waals surface area contributed by atoms with Gasteiger partial charge in [-0.05, 0) is 12.3 Å². The number of methoxy groups -OCH3 is 1. The fraction of sp³-hybridized carbons (Fsp3) is 1.00. The second kappa shape index (κ2) is 3.92. The maximum absolute atomic E-state index is 5.93. The van der Waals surface area contributed by atoms with Crippen LogP contribution >= 0.6 is 23.0 Å². The zero-order valence-electron chi connectivity index (χ0n) is 8.40. The number of fused-ring (bicyclic) bond motifs is 2. The molecule has 5 heteroatoms. The molecule has 14 heavy (non-hydrogen) atoms. The summed E-state index contributed by atoms with van der Waals surface area (Å²) in [7, 11) is 7.62. The van der Waals surface area contributed by atoms with Gasteiger partial charge < -0.3 is 12.5 Å². The molecule has 0 amide bonds. The van der Waals surface area contributed by atoms with Gasteiger partial charge in [0.1, 0.15) is 42.6 Å². The predicted molar refractivity (Wildman–Crippen MR) is 61.4 cm³/mol. The second-order valence-electron chi connectivity index (χ2n) is 4.35. The predicted octanol–water partition coefficient (Wildman–Crippen LogP) is 1.29.